The average Bonchev–Trinajstić information content (AvgIpc) is 2.90. The Morgan fingerprint density at radius 1 is 1.17 bits per heavy atom. The Bertz CT molecular complexity index is 821. The zero-order chi connectivity index (χ0) is 17.7. The van der Waals surface area contributed by atoms with E-state index in [-0.39, 0.29) is 19.0 Å². The fourth-order valence-corrected chi connectivity index (χ4v) is 4.57. The maximum Gasteiger partial charge on any atom is 0.250 e. The van der Waals surface area contributed by atoms with Gasteiger partial charge in [0.1, 0.15) is 4.21 Å². The van der Waals surface area contributed by atoms with E-state index in [1.54, 1.807) is 12.1 Å². The Hall–Kier alpha value is -1.90. The molecule has 1 heterocycles. The number of anilines is 1. The van der Waals surface area contributed by atoms with Crippen LogP contribution in [0.4, 0.5) is 5.69 Å². The van der Waals surface area contributed by atoms with Crippen molar-refractivity contribution < 1.29 is 8.42 Å². The van der Waals surface area contributed by atoms with Gasteiger partial charge in [-0.2, -0.15) is 0 Å². The molecule has 0 bridgehead atoms. The summed E-state index contributed by atoms with van der Waals surface area (Å²) in [5, 5.41) is 3.01. The van der Waals surface area contributed by atoms with Crippen LogP contribution in [0.5, 0.6) is 0 Å². The minimum Gasteiger partial charge on any atom is -0.370 e. The summed E-state index contributed by atoms with van der Waals surface area (Å²) in [4.78, 5) is 5.09. The molecule has 6 nitrogen and oxygen atoms in total. The van der Waals surface area contributed by atoms with Crippen LogP contribution in [0.15, 0.2) is 39.5 Å². The summed E-state index contributed by atoms with van der Waals surface area (Å²) in [7, 11) is -3.47. The second kappa shape index (κ2) is 7.78. The van der Waals surface area contributed by atoms with Gasteiger partial charge in [0, 0.05) is 17.1 Å². The van der Waals surface area contributed by atoms with Crippen molar-refractivity contribution in [1.82, 2.24) is 4.72 Å². The van der Waals surface area contributed by atoms with E-state index in [2.05, 4.69) is 21.1 Å². The summed E-state index contributed by atoms with van der Waals surface area (Å²) >= 11 is 1.24. The molecule has 1 aromatic heterocycles. The Kier molecular flexibility index (Phi) is 5.98. The van der Waals surface area contributed by atoms with E-state index in [0.717, 1.165) is 21.7 Å². The van der Waals surface area contributed by atoms with Crippen LogP contribution in [0, 0.1) is 20.8 Å². The van der Waals surface area contributed by atoms with Crippen LogP contribution in [0.1, 0.15) is 16.0 Å². The zero-order valence-electron chi connectivity index (χ0n) is 14.0. The van der Waals surface area contributed by atoms with Crippen molar-refractivity contribution in [2.45, 2.75) is 25.0 Å². The number of nitrogens with one attached hydrogen (secondary N) is 2. The van der Waals surface area contributed by atoms with Crippen molar-refractivity contribution in [3.8, 4) is 0 Å². The van der Waals surface area contributed by atoms with Gasteiger partial charge in [0.15, 0.2) is 5.96 Å². The molecule has 8 heteroatoms. The first-order valence-electron chi connectivity index (χ1n) is 7.47. The number of hydrogen-bond donors (Lipinski definition) is 3. The molecule has 0 fully saturated rings. The standard InChI is InChI=1S/C16H22N4O2S2/c1-11-8-12(2)10-14(9-11)20-16(17)18-6-7-19-24(21,22)15-5-4-13(3)23-15/h4-5,8-10,19H,6-7H2,1-3H3,(H3,17,18,20). The van der Waals surface area contributed by atoms with Crippen molar-refractivity contribution in [3.05, 3.63) is 46.3 Å². The number of thiophene rings is 1. The third-order valence-electron chi connectivity index (χ3n) is 3.16. The van der Waals surface area contributed by atoms with Gasteiger partial charge in [-0.3, -0.25) is 4.99 Å². The Labute approximate surface area is 146 Å². The van der Waals surface area contributed by atoms with E-state index in [0.29, 0.717) is 4.21 Å². The Morgan fingerprint density at radius 2 is 1.83 bits per heavy atom. The summed E-state index contributed by atoms with van der Waals surface area (Å²) in [6.45, 7) is 6.33. The third-order valence-corrected chi connectivity index (χ3v) is 6.11. The largest absolute Gasteiger partial charge is 0.370 e. The van der Waals surface area contributed by atoms with E-state index in [9.17, 15) is 8.42 Å². The van der Waals surface area contributed by atoms with Crippen molar-refractivity contribution in [2.75, 3.05) is 18.4 Å². The summed E-state index contributed by atoms with van der Waals surface area (Å²) in [6.07, 6.45) is 0. The van der Waals surface area contributed by atoms with Gasteiger partial charge in [-0.1, -0.05) is 6.07 Å². The van der Waals surface area contributed by atoms with E-state index in [1.165, 1.54) is 11.3 Å². The monoisotopic (exact) mass is 366 g/mol. The lowest BCUT2D eigenvalue weighted by Gasteiger charge is -2.08. The molecule has 0 spiro atoms. The molecule has 0 aliphatic heterocycles. The van der Waals surface area contributed by atoms with Crippen LogP contribution in [0.2, 0.25) is 0 Å². The van der Waals surface area contributed by atoms with Crippen molar-refractivity contribution in [3.63, 3.8) is 0 Å². The highest BCUT2D eigenvalue weighted by Crippen LogP contribution is 2.20. The number of aryl methyl sites for hydroxylation is 3. The molecule has 0 amide bonds. The SMILES string of the molecule is Cc1cc(C)cc(NC(N)=NCCNS(=O)(=O)c2ccc(C)s2)c1. The number of rotatable bonds is 6. The number of nitrogens with two attached hydrogens (primary N) is 1. The first kappa shape index (κ1) is 18.4. The summed E-state index contributed by atoms with van der Waals surface area (Å²) in [5.41, 5.74) is 8.96. The van der Waals surface area contributed by atoms with Gasteiger partial charge in [-0.25, -0.2) is 13.1 Å². The normalized spacial score (nSPS) is 12.4. The smallest absolute Gasteiger partial charge is 0.250 e. The first-order valence-corrected chi connectivity index (χ1v) is 9.77. The zero-order valence-corrected chi connectivity index (χ0v) is 15.6. The number of hydrogen-bond acceptors (Lipinski definition) is 4. The highest BCUT2D eigenvalue weighted by Gasteiger charge is 2.14. The molecule has 0 unspecified atom stereocenters. The summed E-state index contributed by atoms with van der Waals surface area (Å²) < 4.78 is 26.9. The predicted molar refractivity (Wildman–Crippen MR) is 100 cm³/mol. The highest BCUT2D eigenvalue weighted by atomic mass is 32.2. The fourth-order valence-electron chi connectivity index (χ4n) is 2.22. The predicted octanol–water partition coefficient (Wildman–Crippen LogP) is 2.38. The quantitative estimate of drug-likeness (QED) is 0.415. The molecule has 2 rings (SSSR count). The molecule has 24 heavy (non-hydrogen) atoms. The molecule has 2 aromatic rings. The van der Waals surface area contributed by atoms with Crippen LogP contribution < -0.4 is 15.8 Å². The highest BCUT2D eigenvalue weighted by molar-refractivity contribution is 7.91. The molecule has 0 atom stereocenters. The minimum atomic E-state index is -3.47. The van der Waals surface area contributed by atoms with E-state index in [4.69, 9.17) is 5.73 Å². The molecule has 0 aliphatic rings. The first-order chi connectivity index (χ1) is 11.3. The van der Waals surface area contributed by atoms with Crippen LogP contribution >= 0.6 is 11.3 Å². The van der Waals surface area contributed by atoms with E-state index >= 15 is 0 Å². The Balaban J connectivity index is 1.87. The molecule has 0 saturated carbocycles. The second-order valence-corrected chi connectivity index (χ2v) is 8.81. The van der Waals surface area contributed by atoms with Gasteiger partial charge in [0.05, 0.1) is 6.54 Å². The molecule has 4 N–H and O–H groups in total. The lowest BCUT2D eigenvalue weighted by Crippen LogP contribution is -2.28. The van der Waals surface area contributed by atoms with Crippen LogP contribution in [0.25, 0.3) is 0 Å². The van der Waals surface area contributed by atoms with Crippen molar-refractivity contribution >= 4 is 33.0 Å². The summed E-state index contributed by atoms with van der Waals surface area (Å²) in [6, 6.07) is 9.39. The maximum atomic E-state index is 12.1. The minimum absolute atomic E-state index is 0.189. The van der Waals surface area contributed by atoms with Gasteiger partial charge in [0.2, 0.25) is 10.0 Å². The third kappa shape index (κ3) is 5.33. The molecule has 0 radical (unpaired) electrons. The van der Waals surface area contributed by atoms with Gasteiger partial charge < -0.3 is 11.1 Å². The lowest BCUT2D eigenvalue weighted by atomic mass is 10.1. The number of nitrogens with zero attached hydrogens (tertiary/aromatic N) is 1. The molecular formula is C16H22N4O2S2. The van der Waals surface area contributed by atoms with E-state index < -0.39 is 10.0 Å². The Morgan fingerprint density at radius 3 is 2.42 bits per heavy atom. The number of benzene rings is 1. The number of guanidine groups is 1. The molecule has 0 saturated heterocycles. The average molecular weight is 367 g/mol. The van der Waals surface area contributed by atoms with Crippen LogP contribution in [-0.4, -0.2) is 27.5 Å². The van der Waals surface area contributed by atoms with Crippen molar-refractivity contribution in [2.24, 2.45) is 10.7 Å². The second-order valence-electron chi connectivity index (χ2n) is 5.53. The molecule has 1 aromatic carbocycles. The maximum absolute atomic E-state index is 12.1. The molecule has 130 valence electrons. The lowest BCUT2D eigenvalue weighted by molar-refractivity contribution is 0.584. The van der Waals surface area contributed by atoms with Crippen LogP contribution in [-0.2, 0) is 10.0 Å². The number of sulfonamides is 1. The topological polar surface area (TPSA) is 96.6 Å². The van der Waals surface area contributed by atoms with Gasteiger partial charge >= 0.3 is 0 Å². The molecule has 0 aliphatic carbocycles. The van der Waals surface area contributed by atoms with Gasteiger partial charge in [0.25, 0.3) is 0 Å². The van der Waals surface area contributed by atoms with Crippen LogP contribution in [0.3, 0.4) is 0 Å². The van der Waals surface area contributed by atoms with Gasteiger partial charge in [-0.15, -0.1) is 11.3 Å². The summed E-state index contributed by atoms with van der Waals surface area (Å²) in [5.74, 6) is 0.256. The van der Waals surface area contributed by atoms with Gasteiger partial charge in [-0.05, 0) is 56.2 Å². The number of aliphatic imine (C=N–C) groups is 1. The fraction of sp³-hybridized carbons (Fsp3) is 0.312. The molecular weight excluding hydrogens is 344 g/mol. The van der Waals surface area contributed by atoms with Crippen molar-refractivity contribution in [1.29, 1.82) is 0 Å². The van der Waals surface area contributed by atoms with E-state index in [1.807, 2.05) is 32.9 Å².